The van der Waals surface area contributed by atoms with E-state index < -0.39 is 11.6 Å². The third kappa shape index (κ3) is 2.74. The summed E-state index contributed by atoms with van der Waals surface area (Å²) in [6.45, 7) is 3.36. The average Bonchev–Trinajstić information content (AvgIpc) is 2.98. The highest BCUT2D eigenvalue weighted by Gasteiger charge is 2.60. The fourth-order valence-corrected chi connectivity index (χ4v) is 4.13. The number of likely N-dealkylation sites (tertiary alicyclic amines) is 1. The SMILES string of the molecule is Fc1ccc(OCC23CC2CN(Cc2cn4ccccc4n2)C3)cc1F. The van der Waals surface area contributed by atoms with Crippen LogP contribution < -0.4 is 4.74 Å². The molecule has 2 aliphatic rings. The van der Waals surface area contributed by atoms with E-state index in [1.807, 2.05) is 28.8 Å². The van der Waals surface area contributed by atoms with Gasteiger partial charge >= 0.3 is 0 Å². The van der Waals surface area contributed by atoms with Gasteiger partial charge in [0.1, 0.15) is 11.4 Å². The van der Waals surface area contributed by atoms with Crippen molar-refractivity contribution in [2.24, 2.45) is 11.3 Å². The number of benzene rings is 1. The Labute approximate surface area is 150 Å². The highest BCUT2D eigenvalue weighted by Crippen LogP contribution is 2.58. The molecule has 0 amide bonds. The molecule has 134 valence electrons. The quantitative estimate of drug-likeness (QED) is 0.701. The Morgan fingerprint density at radius 3 is 2.96 bits per heavy atom. The van der Waals surface area contributed by atoms with Crippen molar-refractivity contribution in [3.05, 3.63) is 66.1 Å². The first-order chi connectivity index (χ1) is 12.6. The lowest BCUT2D eigenvalue weighted by atomic mass is 10.1. The van der Waals surface area contributed by atoms with Gasteiger partial charge in [-0.05, 0) is 36.6 Å². The third-order valence-electron chi connectivity index (χ3n) is 5.59. The van der Waals surface area contributed by atoms with Gasteiger partial charge in [-0.2, -0.15) is 0 Å². The molecule has 2 aromatic heterocycles. The molecule has 0 bridgehead atoms. The zero-order chi connectivity index (χ0) is 17.7. The van der Waals surface area contributed by atoms with Crippen LogP contribution in [0.2, 0.25) is 0 Å². The number of rotatable bonds is 5. The van der Waals surface area contributed by atoms with Crippen molar-refractivity contribution in [1.29, 1.82) is 0 Å². The van der Waals surface area contributed by atoms with Gasteiger partial charge in [-0.25, -0.2) is 13.8 Å². The molecular formula is C20H19F2N3O. The number of ether oxygens (including phenoxy) is 1. The molecule has 5 rings (SSSR count). The van der Waals surface area contributed by atoms with Crippen LogP contribution in [0.4, 0.5) is 8.78 Å². The molecule has 2 fully saturated rings. The van der Waals surface area contributed by atoms with Gasteiger partial charge in [0.25, 0.3) is 0 Å². The number of fused-ring (bicyclic) bond motifs is 2. The Hall–Kier alpha value is -2.47. The molecule has 0 N–H and O–H groups in total. The first kappa shape index (κ1) is 15.8. The summed E-state index contributed by atoms with van der Waals surface area (Å²) in [5.41, 5.74) is 2.17. The minimum atomic E-state index is -0.868. The number of aromatic nitrogens is 2. The van der Waals surface area contributed by atoms with Gasteiger partial charge in [0, 0.05) is 43.5 Å². The Bertz CT molecular complexity index is 940. The van der Waals surface area contributed by atoms with Crippen LogP contribution in [0.15, 0.2) is 48.8 Å². The van der Waals surface area contributed by atoms with Crippen LogP contribution in [-0.4, -0.2) is 34.0 Å². The Kier molecular flexibility index (Phi) is 3.50. The van der Waals surface area contributed by atoms with Gasteiger partial charge < -0.3 is 9.14 Å². The van der Waals surface area contributed by atoms with E-state index in [-0.39, 0.29) is 5.41 Å². The molecule has 1 saturated heterocycles. The van der Waals surface area contributed by atoms with Crippen LogP contribution in [0.3, 0.4) is 0 Å². The second-order valence-corrected chi connectivity index (χ2v) is 7.50. The molecule has 1 saturated carbocycles. The first-order valence-corrected chi connectivity index (χ1v) is 8.84. The Morgan fingerprint density at radius 1 is 1.19 bits per heavy atom. The van der Waals surface area contributed by atoms with Gasteiger partial charge in [0.15, 0.2) is 11.6 Å². The van der Waals surface area contributed by atoms with Crippen molar-refractivity contribution >= 4 is 5.65 Å². The molecule has 1 aliphatic heterocycles. The standard InChI is InChI=1S/C20H19F2N3O/c21-17-5-4-16(7-18(17)22)26-13-20-8-14(20)9-24(12-20)10-15-11-25-6-2-1-3-19(25)23-15/h1-7,11,14H,8-10,12-13H2. The molecule has 2 atom stereocenters. The molecule has 4 nitrogen and oxygen atoms in total. The van der Waals surface area contributed by atoms with Crippen molar-refractivity contribution < 1.29 is 13.5 Å². The number of halogens is 2. The maximum absolute atomic E-state index is 13.3. The van der Waals surface area contributed by atoms with Crippen LogP contribution in [-0.2, 0) is 6.54 Å². The summed E-state index contributed by atoms with van der Waals surface area (Å²) in [5, 5.41) is 0. The van der Waals surface area contributed by atoms with E-state index in [0.717, 1.165) is 49.5 Å². The smallest absolute Gasteiger partial charge is 0.162 e. The molecule has 1 aliphatic carbocycles. The minimum absolute atomic E-state index is 0.143. The van der Waals surface area contributed by atoms with Crippen LogP contribution in [0, 0.1) is 23.0 Å². The first-order valence-electron chi connectivity index (χ1n) is 8.84. The summed E-state index contributed by atoms with van der Waals surface area (Å²) in [6, 6.07) is 9.69. The Balaban J connectivity index is 1.22. The largest absolute Gasteiger partial charge is 0.493 e. The number of hydrogen-bond donors (Lipinski definition) is 0. The maximum Gasteiger partial charge on any atom is 0.162 e. The zero-order valence-corrected chi connectivity index (χ0v) is 14.2. The molecule has 3 heterocycles. The number of pyridine rings is 1. The van der Waals surface area contributed by atoms with E-state index >= 15 is 0 Å². The van der Waals surface area contributed by atoms with E-state index in [1.165, 1.54) is 6.07 Å². The van der Waals surface area contributed by atoms with E-state index in [0.29, 0.717) is 18.3 Å². The highest BCUT2D eigenvalue weighted by atomic mass is 19.2. The number of hydrogen-bond acceptors (Lipinski definition) is 3. The highest BCUT2D eigenvalue weighted by molar-refractivity contribution is 5.39. The van der Waals surface area contributed by atoms with Crippen LogP contribution in [0.25, 0.3) is 5.65 Å². The molecule has 2 unspecified atom stereocenters. The fraction of sp³-hybridized carbons (Fsp3) is 0.350. The Morgan fingerprint density at radius 2 is 2.12 bits per heavy atom. The van der Waals surface area contributed by atoms with Gasteiger partial charge in [-0.1, -0.05) is 6.07 Å². The summed E-state index contributed by atoms with van der Waals surface area (Å²) in [7, 11) is 0. The van der Waals surface area contributed by atoms with Gasteiger partial charge in [-0.15, -0.1) is 0 Å². The summed E-state index contributed by atoms with van der Waals surface area (Å²) in [5.74, 6) is -0.709. The van der Waals surface area contributed by atoms with Crippen molar-refractivity contribution in [3.8, 4) is 5.75 Å². The molecule has 6 heteroatoms. The predicted molar refractivity (Wildman–Crippen MR) is 92.9 cm³/mol. The van der Waals surface area contributed by atoms with Crippen molar-refractivity contribution in [3.63, 3.8) is 0 Å². The predicted octanol–water partition coefficient (Wildman–Crippen LogP) is 3.51. The number of nitrogens with zero attached hydrogens (tertiary/aromatic N) is 3. The normalized spacial score (nSPS) is 24.8. The van der Waals surface area contributed by atoms with Crippen LogP contribution in [0.5, 0.6) is 5.75 Å². The van der Waals surface area contributed by atoms with Crippen molar-refractivity contribution in [2.45, 2.75) is 13.0 Å². The lowest BCUT2D eigenvalue weighted by molar-refractivity contribution is 0.199. The zero-order valence-electron chi connectivity index (χ0n) is 14.2. The van der Waals surface area contributed by atoms with E-state index in [2.05, 4.69) is 16.1 Å². The van der Waals surface area contributed by atoms with Gasteiger partial charge in [-0.3, -0.25) is 4.90 Å². The monoisotopic (exact) mass is 355 g/mol. The summed E-state index contributed by atoms with van der Waals surface area (Å²) in [4.78, 5) is 7.07. The second kappa shape index (κ2) is 5.77. The van der Waals surface area contributed by atoms with Gasteiger partial charge in [0.05, 0.1) is 12.3 Å². The van der Waals surface area contributed by atoms with E-state index in [4.69, 9.17) is 4.74 Å². The van der Waals surface area contributed by atoms with Crippen molar-refractivity contribution in [2.75, 3.05) is 19.7 Å². The van der Waals surface area contributed by atoms with E-state index in [9.17, 15) is 8.78 Å². The summed E-state index contributed by atoms with van der Waals surface area (Å²) >= 11 is 0. The van der Waals surface area contributed by atoms with E-state index in [1.54, 1.807) is 0 Å². The molecule has 3 aromatic rings. The molecule has 0 spiro atoms. The maximum atomic E-state index is 13.3. The molecule has 26 heavy (non-hydrogen) atoms. The topological polar surface area (TPSA) is 29.8 Å². The van der Waals surface area contributed by atoms with Gasteiger partial charge in [0.2, 0.25) is 0 Å². The van der Waals surface area contributed by atoms with Crippen LogP contribution in [0.1, 0.15) is 12.1 Å². The number of piperidine rings is 1. The number of imidazole rings is 1. The van der Waals surface area contributed by atoms with Crippen molar-refractivity contribution in [1.82, 2.24) is 14.3 Å². The summed E-state index contributed by atoms with van der Waals surface area (Å²) in [6.07, 6.45) is 5.21. The lowest BCUT2D eigenvalue weighted by Crippen LogP contribution is -2.27. The molecule has 1 aromatic carbocycles. The lowest BCUT2D eigenvalue weighted by Gasteiger charge is -2.20. The minimum Gasteiger partial charge on any atom is -0.493 e. The molecule has 0 radical (unpaired) electrons. The molecular weight excluding hydrogens is 336 g/mol. The summed E-state index contributed by atoms with van der Waals surface area (Å²) < 4.78 is 34.1. The second-order valence-electron chi connectivity index (χ2n) is 7.50. The third-order valence-corrected chi connectivity index (χ3v) is 5.59. The fourth-order valence-electron chi connectivity index (χ4n) is 4.13. The average molecular weight is 355 g/mol. The van der Waals surface area contributed by atoms with Crippen LogP contribution >= 0.6 is 0 Å².